The highest BCUT2D eigenvalue weighted by Crippen LogP contribution is 2.32. The molecule has 1 aliphatic rings. The Labute approximate surface area is 119 Å². The van der Waals surface area contributed by atoms with E-state index in [0.29, 0.717) is 13.2 Å². The standard InChI is InChI=1S/C17H19NO2/c18-16(13-7-3-1-4-8-13)17(20-15-11-19-12-15)14-9-5-2-6-10-14/h1-10,15-17H,11-12,18H2. The van der Waals surface area contributed by atoms with Gasteiger partial charge in [0.15, 0.2) is 0 Å². The summed E-state index contributed by atoms with van der Waals surface area (Å²) >= 11 is 0. The first-order chi connectivity index (χ1) is 9.84. The van der Waals surface area contributed by atoms with E-state index >= 15 is 0 Å². The van der Waals surface area contributed by atoms with Gasteiger partial charge in [-0.1, -0.05) is 60.7 Å². The van der Waals surface area contributed by atoms with Gasteiger partial charge in [0.1, 0.15) is 12.2 Å². The fourth-order valence-electron chi connectivity index (χ4n) is 2.36. The van der Waals surface area contributed by atoms with E-state index in [1.54, 1.807) is 0 Å². The summed E-state index contributed by atoms with van der Waals surface area (Å²) in [4.78, 5) is 0. The highest BCUT2D eigenvalue weighted by Gasteiger charge is 2.29. The fourth-order valence-corrected chi connectivity index (χ4v) is 2.36. The second kappa shape index (κ2) is 6.18. The number of ether oxygens (including phenoxy) is 2. The number of hydrogen-bond acceptors (Lipinski definition) is 3. The zero-order chi connectivity index (χ0) is 13.8. The summed E-state index contributed by atoms with van der Waals surface area (Å²) < 4.78 is 11.3. The van der Waals surface area contributed by atoms with E-state index in [2.05, 4.69) is 12.1 Å². The third-order valence-electron chi connectivity index (χ3n) is 3.59. The average molecular weight is 269 g/mol. The molecule has 1 heterocycles. The predicted molar refractivity (Wildman–Crippen MR) is 78.2 cm³/mol. The van der Waals surface area contributed by atoms with Crippen molar-refractivity contribution >= 4 is 0 Å². The Bertz CT molecular complexity index is 525. The summed E-state index contributed by atoms with van der Waals surface area (Å²) in [5, 5.41) is 0. The van der Waals surface area contributed by atoms with E-state index in [-0.39, 0.29) is 18.2 Å². The number of benzene rings is 2. The van der Waals surface area contributed by atoms with Gasteiger partial charge in [0.25, 0.3) is 0 Å². The van der Waals surface area contributed by atoms with Crippen LogP contribution in [-0.2, 0) is 9.47 Å². The first-order valence-corrected chi connectivity index (χ1v) is 6.93. The third kappa shape index (κ3) is 2.90. The fraction of sp³-hybridized carbons (Fsp3) is 0.294. The predicted octanol–water partition coefficient (Wildman–Crippen LogP) is 2.84. The highest BCUT2D eigenvalue weighted by atomic mass is 16.6. The van der Waals surface area contributed by atoms with E-state index in [9.17, 15) is 0 Å². The molecule has 3 nitrogen and oxygen atoms in total. The van der Waals surface area contributed by atoms with Crippen molar-refractivity contribution in [1.29, 1.82) is 0 Å². The van der Waals surface area contributed by atoms with Gasteiger partial charge in [-0.05, 0) is 11.1 Å². The van der Waals surface area contributed by atoms with Crippen LogP contribution >= 0.6 is 0 Å². The molecule has 2 atom stereocenters. The van der Waals surface area contributed by atoms with Gasteiger partial charge in [-0.25, -0.2) is 0 Å². The van der Waals surface area contributed by atoms with Gasteiger partial charge in [-0.15, -0.1) is 0 Å². The van der Waals surface area contributed by atoms with Crippen molar-refractivity contribution in [3.05, 3.63) is 71.8 Å². The largest absolute Gasteiger partial charge is 0.376 e. The maximum atomic E-state index is 6.43. The highest BCUT2D eigenvalue weighted by molar-refractivity contribution is 5.26. The molecule has 2 aromatic rings. The smallest absolute Gasteiger partial charge is 0.105 e. The molecule has 0 saturated carbocycles. The van der Waals surface area contributed by atoms with Crippen LogP contribution in [0.5, 0.6) is 0 Å². The molecule has 0 aromatic heterocycles. The Morgan fingerprint density at radius 2 is 1.45 bits per heavy atom. The Balaban J connectivity index is 1.84. The summed E-state index contributed by atoms with van der Waals surface area (Å²) in [6.07, 6.45) is 0.00229. The lowest BCUT2D eigenvalue weighted by Gasteiger charge is -2.33. The molecule has 1 aliphatic heterocycles. The van der Waals surface area contributed by atoms with Gasteiger partial charge in [-0.2, -0.15) is 0 Å². The van der Waals surface area contributed by atoms with Gasteiger partial charge in [-0.3, -0.25) is 0 Å². The van der Waals surface area contributed by atoms with Crippen molar-refractivity contribution in [2.45, 2.75) is 18.2 Å². The van der Waals surface area contributed by atoms with Gasteiger partial charge in [0.2, 0.25) is 0 Å². The third-order valence-corrected chi connectivity index (χ3v) is 3.59. The van der Waals surface area contributed by atoms with Crippen LogP contribution in [0.25, 0.3) is 0 Å². The number of hydrogen-bond donors (Lipinski definition) is 1. The van der Waals surface area contributed by atoms with Crippen molar-refractivity contribution in [3.8, 4) is 0 Å². The molecule has 2 unspecified atom stereocenters. The molecule has 20 heavy (non-hydrogen) atoms. The minimum Gasteiger partial charge on any atom is -0.376 e. The van der Waals surface area contributed by atoms with Crippen molar-refractivity contribution in [1.82, 2.24) is 0 Å². The summed E-state index contributed by atoms with van der Waals surface area (Å²) in [5.41, 5.74) is 8.62. The van der Waals surface area contributed by atoms with E-state index < -0.39 is 0 Å². The first-order valence-electron chi connectivity index (χ1n) is 6.93. The maximum absolute atomic E-state index is 6.43. The molecular formula is C17H19NO2. The van der Waals surface area contributed by atoms with Crippen LogP contribution in [0.4, 0.5) is 0 Å². The quantitative estimate of drug-likeness (QED) is 0.907. The van der Waals surface area contributed by atoms with Crippen molar-refractivity contribution < 1.29 is 9.47 Å². The van der Waals surface area contributed by atoms with Crippen LogP contribution in [0.1, 0.15) is 23.3 Å². The van der Waals surface area contributed by atoms with Crippen LogP contribution < -0.4 is 5.73 Å². The topological polar surface area (TPSA) is 44.5 Å². The molecule has 0 amide bonds. The van der Waals surface area contributed by atoms with Crippen LogP contribution in [0.15, 0.2) is 60.7 Å². The van der Waals surface area contributed by atoms with Crippen molar-refractivity contribution in [3.63, 3.8) is 0 Å². The molecule has 1 fully saturated rings. The van der Waals surface area contributed by atoms with E-state index in [4.69, 9.17) is 15.2 Å². The summed E-state index contributed by atoms with van der Waals surface area (Å²) in [6, 6.07) is 20.1. The SMILES string of the molecule is NC(c1ccccc1)C(OC1COC1)c1ccccc1. The molecule has 2 aromatic carbocycles. The molecule has 0 radical (unpaired) electrons. The Morgan fingerprint density at radius 3 is 1.95 bits per heavy atom. The Kier molecular flexibility index (Phi) is 4.11. The van der Waals surface area contributed by atoms with Crippen molar-refractivity contribution in [2.75, 3.05) is 13.2 Å². The first kappa shape index (κ1) is 13.3. The van der Waals surface area contributed by atoms with Crippen LogP contribution in [0, 0.1) is 0 Å². The molecule has 0 aliphatic carbocycles. The second-order valence-electron chi connectivity index (χ2n) is 5.06. The zero-order valence-corrected chi connectivity index (χ0v) is 11.3. The van der Waals surface area contributed by atoms with E-state index in [1.165, 1.54) is 0 Å². The molecule has 104 valence electrons. The Morgan fingerprint density at radius 1 is 0.900 bits per heavy atom. The lowest BCUT2D eigenvalue weighted by Crippen LogP contribution is -2.39. The molecule has 1 saturated heterocycles. The number of rotatable bonds is 5. The van der Waals surface area contributed by atoms with Gasteiger partial charge >= 0.3 is 0 Å². The zero-order valence-electron chi connectivity index (χ0n) is 11.3. The second-order valence-corrected chi connectivity index (χ2v) is 5.06. The average Bonchev–Trinajstić information content (AvgIpc) is 2.47. The number of nitrogens with two attached hydrogens (primary N) is 1. The van der Waals surface area contributed by atoms with Gasteiger partial charge in [0, 0.05) is 0 Å². The van der Waals surface area contributed by atoms with E-state index in [0.717, 1.165) is 11.1 Å². The maximum Gasteiger partial charge on any atom is 0.105 e. The monoisotopic (exact) mass is 269 g/mol. The summed E-state index contributed by atoms with van der Waals surface area (Å²) in [7, 11) is 0. The molecule has 3 rings (SSSR count). The molecule has 0 spiro atoms. The van der Waals surface area contributed by atoms with E-state index in [1.807, 2.05) is 48.5 Å². The molecule has 2 N–H and O–H groups in total. The molecular weight excluding hydrogens is 250 g/mol. The van der Waals surface area contributed by atoms with Gasteiger partial charge in [0.05, 0.1) is 19.3 Å². The minimum atomic E-state index is -0.181. The minimum absolute atomic E-state index is 0.146. The van der Waals surface area contributed by atoms with Crippen LogP contribution in [0.3, 0.4) is 0 Å². The normalized spacial score (nSPS) is 18.2. The lowest BCUT2D eigenvalue weighted by molar-refractivity contribution is -0.161. The molecule has 3 heteroatoms. The lowest BCUT2D eigenvalue weighted by atomic mass is 9.96. The van der Waals surface area contributed by atoms with Gasteiger partial charge < -0.3 is 15.2 Å². The van der Waals surface area contributed by atoms with Crippen LogP contribution in [-0.4, -0.2) is 19.3 Å². The van der Waals surface area contributed by atoms with Crippen molar-refractivity contribution in [2.24, 2.45) is 5.73 Å². The van der Waals surface area contributed by atoms with Crippen LogP contribution in [0.2, 0.25) is 0 Å². The summed E-state index contributed by atoms with van der Waals surface area (Å²) in [5.74, 6) is 0. The molecule has 0 bridgehead atoms. The summed E-state index contributed by atoms with van der Waals surface area (Å²) in [6.45, 7) is 1.32. The Hall–Kier alpha value is -1.68.